The van der Waals surface area contributed by atoms with Crippen LogP contribution in [0.5, 0.6) is 0 Å². The fourth-order valence-electron chi connectivity index (χ4n) is 2.37. The van der Waals surface area contributed by atoms with E-state index in [1.807, 2.05) is 0 Å². The average molecular weight is 339 g/mol. The van der Waals surface area contributed by atoms with Crippen LogP contribution in [0.2, 0.25) is 3.67 Å². The number of carbonyl (C=O) groups is 1. The summed E-state index contributed by atoms with van der Waals surface area (Å²) in [5.74, 6) is -0.933. The third-order valence-corrected chi connectivity index (χ3v) is 4.70. The summed E-state index contributed by atoms with van der Waals surface area (Å²) in [6.45, 7) is 2.89. The van der Waals surface area contributed by atoms with Crippen LogP contribution >= 0.6 is 0 Å². The second-order valence-corrected chi connectivity index (χ2v) is 7.41. The number of hydrogen-bond acceptors (Lipinski definition) is 3. The van der Waals surface area contributed by atoms with Gasteiger partial charge < -0.3 is 16.6 Å². The van der Waals surface area contributed by atoms with Gasteiger partial charge in [0.15, 0.2) is 0 Å². The molecule has 1 atom stereocenters. The second-order valence-electron chi connectivity index (χ2n) is 6.41. The molecular formula is C18H39N2NaO2. The summed E-state index contributed by atoms with van der Waals surface area (Å²) in [6.07, 6.45) is 16.9. The monoisotopic (exact) mass is 338 g/mol. The molecule has 0 aromatic heterocycles. The smallest absolute Gasteiger partial charge is 0.320 e. The van der Waals surface area contributed by atoms with Crippen molar-refractivity contribution in [3.05, 3.63) is 0 Å². The predicted molar refractivity (Wildman–Crippen MR) is 101 cm³/mol. The van der Waals surface area contributed by atoms with Crippen LogP contribution in [-0.2, 0) is 4.79 Å². The van der Waals surface area contributed by atoms with Crippen molar-refractivity contribution >= 4 is 33.9 Å². The van der Waals surface area contributed by atoms with Crippen LogP contribution < -0.4 is 11.5 Å². The van der Waals surface area contributed by atoms with Crippen molar-refractivity contribution in [2.45, 2.75) is 100 Å². The largest absolute Gasteiger partial charge is 0.480 e. The Morgan fingerprint density at radius 3 is 1.78 bits per heavy atom. The molecule has 0 aliphatic heterocycles. The predicted octanol–water partition coefficient (Wildman–Crippen LogP) is 4.02. The minimum Gasteiger partial charge on any atom is -0.480 e. The molecule has 0 aromatic carbocycles. The molecule has 0 fully saturated rings. The molecule has 4 nitrogen and oxygen atoms in total. The molecule has 0 spiro atoms. The maximum atomic E-state index is 10.1. The molecule has 0 heterocycles. The molecule has 134 valence electrons. The minimum atomic E-state index is -0.933. The first-order valence-corrected chi connectivity index (χ1v) is 11.2. The van der Waals surface area contributed by atoms with Gasteiger partial charge >= 0.3 is 109 Å². The number of hydrogen-bond donors (Lipinski definition) is 3. The number of carboxylic acids is 1. The minimum absolute atomic E-state index is 0.520. The fraction of sp³-hybridized carbons (Fsp3) is 0.944. The third-order valence-electron chi connectivity index (χ3n) is 3.99. The van der Waals surface area contributed by atoms with Gasteiger partial charge in [-0.25, -0.2) is 0 Å². The quantitative estimate of drug-likeness (QED) is 0.311. The van der Waals surface area contributed by atoms with Crippen molar-refractivity contribution in [3.63, 3.8) is 0 Å². The summed E-state index contributed by atoms with van der Waals surface area (Å²) in [5, 5.41) is 8.33. The van der Waals surface area contributed by atoms with E-state index in [9.17, 15) is 4.79 Å². The normalized spacial score (nSPS) is 11.7. The van der Waals surface area contributed by atoms with Crippen molar-refractivity contribution in [3.8, 4) is 0 Å². The van der Waals surface area contributed by atoms with Gasteiger partial charge in [-0.1, -0.05) is 6.42 Å². The molecule has 5 N–H and O–H groups in total. The third kappa shape index (κ3) is 24.8. The topological polar surface area (TPSA) is 89.3 Å². The van der Waals surface area contributed by atoms with Crippen LogP contribution in [0.1, 0.15) is 90.4 Å². The van der Waals surface area contributed by atoms with E-state index in [0.717, 1.165) is 12.8 Å². The molecule has 0 rings (SSSR count). The molecule has 0 aliphatic rings. The van der Waals surface area contributed by atoms with Gasteiger partial charge in [0.2, 0.25) is 0 Å². The van der Waals surface area contributed by atoms with Gasteiger partial charge in [-0.2, -0.15) is 0 Å². The first-order chi connectivity index (χ1) is 11.1. The van der Waals surface area contributed by atoms with E-state index in [1.54, 1.807) is 0 Å². The van der Waals surface area contributed by atoms with E-state index in [-0.39, 0.29) is 0 Å². The second kappa shape index (κ2) is 22.4. The standard InChI is InChI=1S/C12H25.C6H14N2O2.Na/c1-3-5-7-9-11-12-10-8-6-4-2;7-4-2-1-3-5(8)6(9)10;/h1,3-12H2,2H3;5H,1-4,7-8H2,(H,9,10);. The van der Waals surface area contributed by atoms with E-state index in [4.69, 9.17) is 16.6 Å². The molecular weight excluding hydrogens is 299 g/mol. The van der Waals surface area contributed by atoms with Gasteiger partial charge in [0.25, 0.3) is 0 Å². The van der Waals surface area contributed by atoms with E-state index in [2.05, 4.69) is 6.92 Å². The molecule has 5 heteroatoms. The van der Waals surface area contributed by atoms with Crippen LogP contribution in [0.3, 0.4) is 0 Å². The van der Waals surface area contributed by atoms with Gasteiger partial charge in [-0.05, 0) is 19.4 Å². The van der Waals surface area contributed by atoms with Crippen LogP contribution in [0, 0.1) is 0 Å². The molecule has 1 unspecified atom stereocenters. The summed E-state index contributed by atoms with van der Waals surface area (Å²) < 4.78 is 1.51. The molecule has 0 aromatic rings. The molecule has 0 saturated heterocycles. The zero-order valence-electron chi connectivity index (χ0n) is 15.7. The van der Waals surface area contributed by atoms with Crippen molar-refractivity contribution in [1.29, 1.82) is 0 Å². The first-order valence-electron chi connectivity index (χ1n) is 9.78. The maximum Gasteiger partial charge on any atom is 0.320 e. The van der Waals surface area contributed by atoms with Crippen LogP contribution in [0.4, 0.5) is 0 Å². The first kappa shape index (κ1) is 25.6. The Morgan fingerprint density at radius 1 is 0.913 bits per heavy atom. The number of rotatable bonds is 15. The van der Waals surface area contributed by atoms with E-state index < -0.39 is 12.0 Å². The molecule has 0 radical (unpaired) electrons. The zero-order chi connectivity index (χ0) is 17.8. The van der Waals surface area contributed by atoms with Crippen molar-refractivity contribution < 1.29 is 9.90 Å². The van der Waals surface area contributed by atoms with Gasteiger partial charge in [0.1, 0.15) is 6.04 Å². The van der Waals surface area contributed by atoms with Crippen LogP contribution in [0.25, 0.3) is 0 Å². The average Bonchev–Trinajstić information content (AvgIpc) is 2.54. The molecule has 0 bridgehead atoms. The van der Waals surface area contributed by atoms with E-state index in [0.29, 0.717) is 13.0 Å². The molecule has 0 aliphatic carbocycles. The van der Waals surface area contributed by atoms with Gasteiger partial charge in [0, 0.05) is 0 Å². The summed E-state index contributed by atoms with van der Waals surface area (Å²) >= 11 is 1.41. The van der Waals surface area contributed by atoms with E-state index >= 15 is 0 Å². The maximum absolute atomic E-state index is 10.1. The molecule has 23 heavy (non-hydrogen) atoms. The Hall–Kier alpha value is 0.390. The number of aliphatic carboxylic acids is 1. The van der Waals surface area contributed by atoms with Crippen molar-refractivity contribution in [2.24, 2.45) is 11.5 Å². The molecule has 0 saturated carbocycles. The van der Waals surface area contributed by atoms with Crippen molar-refractivity contribution in [2.75, 3.05) is 6.54 Å². The van der Waals surface area contributed by atoms with Gasteiger partial charge in [-0.3, -0.25) is 4.79 Å². The van der Waals surface area contributed by atoms with Crippen LogP contribution in [0.15, 0.2) is 0 Å². The summed E-state index contributed by atoms with van der Waals surface area (Å²) in [6, 6.07) is -0.716. The Labute approximate surface area is 161 Å². The van der Waals surface area contributed by atoms with Gasteiger partial charge in [0.05, 0.1) is 0 Å². The number of unbranched alkanes of at least 4 members (excludes halogenated alkanes) is 10. The van der Waals surface area contributed by atoms with Crippen molar-refractivity contribution in [1.82, 2.24) is 0 Å². The Kier molecular flexibility index (Phi) is 24.9. The number of nitrogens with two attached hydrogens (primary N) is 2. The summed E-state index contributed by atoms with van der Waals surface area (Å²) in [4.78, 5) is 10.1. The summed E-state index contributed by atoms with van der Waals surface area (Å²) in [7, 11) is 0. The Morgan fingerprint density at radius 2 is 1.39 bits per heavy atom. The fourth-order valence-corrected chi connectivity index (χ4v) is 2.87. The Bertz CT molecular complexity index is 231. The number of carboxylic acid groups (broad SMARTS) is 1. The van der Waals surface area contributed by atoms with E-state index in [1.165, 1.54) is 95.8 Å². The SMILES string of the molecule is CCCCCCCCCCC[CH2][Na].NCCCCC(N)C(=O)O. The Balaban J connectivity index is 0. The summed E-state index contributed by atoms with van der Waals surface area (Å²) in [5.41, 5.74) is 10.4. The zero-order valence-corrected chi connectivity index (χ0v) is 17.7. The molecule has 0 amide bonds. The van der Waals surface area contributed by atoms with Crippen LogP contribution in [-0.4, -0.2) is 51.6 Å². The van der Waals surface area contributed by atoms with Gasteiger partial charge in [-0.15, -0.1) is 0 Å².